The van der Waals surface area contributed by atoms with Gasteiger partial charge in [0.2, 0.25) is 0 Å². The molecule has 0 unspecified atom stereocenters. The molecule has 0 fully saturated rings. The minimum Gasteiger partial charge on any atom is -0.296 e. The Morgan fingerprint density at radius 3 is 2.44 bits per heavy atom. The number of fused-ring (bicyclic) bond motifs is 1. The maximum atomic E-state index is 13.2. The second-order valence-electron chi connectivity index (χ2n) is 5.70. The Labute approximate surface area is 146 Å². The molecule has 0 saturated carbocycles. The van der Waals surface area contributed by atoms with E-state index in [1.807, 2.05) is 13.8 Å². The van der Waals surface area contributed by atoms with Gasteiger partial charge >= 0.3 is 4.87 Å². The molecule has 132 valence electrons. The van der Waals surface area contributed by atoms with Crippen LogP contribution in [-0.2, 0) is 10.0 Å². The van der Waals surface area contributed by atoms with E-state index in [0.29, 0.717) is 10.2 Å². The van der Waals surface area contributed by atoms with Crippen LogP contribution in [0.2, 0.25) is 0 Å². The quantitative estimate of drug-likeness (QED) is 0.745. The monoisotopic (exact) mass is 384 g/mol. The van der Waals surface area contributed by atoms with Crippen LogP contribution in [0.5, 0.6) is 0 Å². The molecule has 5 nitrogen and oxygen atoms in total. The standard InChI is InChI=1S/C16H14F2N2O3S2/c1-9(2)20-14-6-4-11(8-15(14)24-16(20)21)25(22,23)19-10-3-5-12(17)13(18)7-10/h3-9,19H,1-2H3. The number of rotatable bonds is 4. The Morgan fingerprint density at radius 1 is 1.08 bits per heavy atom. The topological polar surface area (TPSA) is 68.2 Å². The second kappa shape index (κ2) is 6.23. The van der Waals surface area contributed by atoms with Crippen molar-refractivity contribution in [2.24, 2.45) is 0 Å². The van der Waals surface area contributed by atoms with E-state index in [1.165, 1.54) is 12.1 Å². The van der Waals surface area contributed by atoms with Crippen LogP contribution in [-0.4, -0.2) is 13.0 Å². The highest BCUT2D eigenvalue weighted by molar-refractivity contribution is 7.92. The van der Waals surface area contributed by atoms with Crippen LogP contribution >= 0.6 is 11.3 Å². The van der Waals surface area contributed by atoms with Gasteiger partial charge in [-0.2, -0.15) is 0 Å². The van der Waals surface area contributed by atoms with Gasteiger partial charge in [-0.15, -0.1) is 0 Å². The van der Waals surface area contributed by atoms with Gasteiger partial charge in [-0.3, -0.25) is 14.1 Å². The highest BCUT2D eigenvalue weighted by atomic mass is 32.2. The molecule has 0 atom stereocenters. The van der Waals surface area contributed by atoms with Crippen molar-refractivity contribution in [2.75, 3.05) is 4.72 Å². The number of anilines is 1. The van der Waals surface area contributed by atoms with Crippen LogP contribution in [0.3, 0.4) is 0 Å². The number of aromatic nitrogens is 1. The molecule has 0 spiro atoms. The Kier molecular flexibility index (Phi) is 4.38. The van der Waals surface area contributed by atoms with Crippen LogP contribution in [0, 0.1) is 11.6 Å². The molecule has 25 heavy (non-hydrogen) atoms. The van der Waals surface area contributed by atoms with Gasteiger partial charge in [-0.25, -0.2) is 17.2 Å². The molecular formula is C16H14F2N2O3S2. The van der Waals surface area contributed by atoms with E-state index < -0.39 is 21.7 Å². The molecule has 0 radical (unpaired) electrons. The SMILES string of the molecule is CC(C)n1c(=O)sc2cc(S(=O)(=O)Nc3ccc(F)c(F)c3)ccc21. The molecule has 0 aliphatic carbocycles. The zero-order valence-corrected chi connectivity index (χ0v) is 14.9. The normalized spacial score (nSPS) is 12.0. The van der Waals surface area contributed by atoms with Crippen LogP contribution in [0.4, 0.5) is 14.5 Å². The van der Waals surface area contributed by atoms with Gasteiger partial charge in [0.05, 0.1) is 20.8 Å². The molecule has 0 aliphatic rings. The van der Waals surface area contributed by atoms with Gasteiger partial charge < -0.3 is 0 Å². The molecule has 0 saturated heterocycles. The third-order valence-electron chi connectivity index (χ3n) is 3.58. The van der Waals surface area contributed by atoms with E-state index in [1.54, 1.807) is 10.6 Å². The minimum absolute atomic E-state index is 0.0518. The maximum absolute atomic E-state index is 13.2. The van der Waals surface area contributed by atoms with Crippen LogP contribution in [0.1, 0.15) is 19.9 Å². The fourth-order valence-corrected chi connectivity index (χ4v) is 4.65. The summed E-state index contributed by atoms with van der Waals surface area (Å²) >= 11 is 0.954. The van der Waals surface area contributed by atoms with Crippen molar-refractivity contribution in [2.45, 2.75) is 24.8 Å². The van der Waals surface area contributed by atoms with E-state index in [0.717, 1.165) is 29.5 Å². The number of nitrogens with zero attached hydrogens (tertiary/aromatic N) is 1. The number of nitrogens with one attached hydrogen (secondary N) is 1. The molecule has 0 amide bonds. The Morgan fingerprint density at radius 2 is 1.80 bits per heavy atom. The number of thiazole rings is 1. The fourth-order valence-electron chi connectivity index (χ4n) is 2.45. The largest absolute Gasteiger partial charge is 0.308 e. The predicted octanol–water partition coefficient (Wildman–Crippen LogP) is 3.72. The number of hydrogen-bond acceptors (Lipinski definition) is 4. The molecule has 1 heterocycles. The summed E-state index contributed by atoms with van der Waals surface area (Å²) in [5, 5.41) is 0. The second-order valence-corrected chi connectivity index (χ2v) is 8.37. The summed E-state index contributed by atoms with van der Waals surface area (Å²) in [5.41, 5.74) is 0.559. The third-order valence-corrected chi connectivity index (χ3v) is 5.88. The van der Waals surface area contributed by atoms with Crippen molar-refractivity contribution in [1.82, 2.24) is 4.57 Å². The van der Waals surface area contributed by atoms with Gasteiger partial charge in [-0.05, 0) is 44.2 Å². The first-order valence-electron chi connectivity index (χ1n) is 7.32. The van der Waals surface area contributed by atoms with Crippen molar-refractivity contribution < 1.29 is 17.2 Å². The molecule has 9 heteroatoms. The van der Waals surface area contributed by atoms with E-state index in [2.05, 4.69) is 4.72 Å². The van der Waals surface area contributed by atoms with E-state index in [9.17, 15) is 22.0 Å². The highest BCUT2D eigenvalue weighted by Crippen LogP contribution is 2.25. The van der Waals surface area contributed by atoms with Crippen molar-refractivity contribution in [1.29, 1.82) is 0 Å². The van der Waals surface area contributed by atoms with Gasteiger partial charge in [0, 0.05) is 12.1 Å². The summed E-state index contributed by atoms with van der Waals surface area (Å²) in [4.78, 5) is 11.8. The van der Waals surface area contributed by atoms with Gasteiger partial charge in [0.25, 0.3) is 10.0 Å². The first kappa shape index (κ1) is 17.6. The highest BCUT2D eigenvalue weighted by Gasteiger charge is 2.18. The summed E-state index contributed by atoms with van der Waals surface area (Å²) in [6, 6.07) is 7.00. The van der Waals surface area contributed by atoms with Crippen LogP contribution in [0.15, 0.2) is 46.1 Å². The number of hydrogen-bond donors (Lipinski definition) is 1. The van der Waals surface area contributed by atoms with Crippen molar-refractivity contribution in [3.05, 3.63) is 57.7 Å². The molecule has 3 aromatic rings. The zero-order chi connectivity index (χ0) is 18.4. The lowest BCUT2D eigenvalue weighted by atomic mass is 10.3. The fraction of sp³-hybridized carbons (Fsp3) is 0.188. The number of halogens is 2. The van der Waals surface area contributed by atoms with Gasteiger partial charge in [0.1, 0.15) is 0 Å². The van der Waals surface area contributed by atoms with Crippen LogP contribution in [0.25, 0.3) is 10.2 Å². The zero-order valence-electron chi connectivity index (χ0n) is 13.3. The third kappa shape index (κ3) is 3.29. The predicted molar refractivity (Wildman–Crippen MR) is 93.6 cm³/mol. The first-order valence-corrected chi connectivity index (χ1v) is 9.62. The van der Waals surface area contributed by atoms with Crippen LogP contribution < -0.4 is 9.60 Å². The van der Waals surface area contributed by atoms with Gasteiger partial charge in [-0.1, -0.05) is 11.3 Å². The Bertz CT molecular complexity index is 1120. The van der Waals surface area contributed by atoms with Gasteiger partial charge in [0.15, 0.2) is 11.6 Å². The smallest absolute Gasteiger partial charge is 0.296 e. The summed E-state index contributed by atoms with van der Waals surface area (Å²) < 4.78 is 55.4. The number of benzene rings is 2. The number of sulfonamides is 1. The summed E-state index contributed by atoms with van der Waals surface area (Å²) in [6.45, 7) is 3.73. The molecule has 3 rings (SSSR count). The lowest BCUT2D eigenvalue weighted by Gasteiger charge is -2.10. The molecule has 1 aromatic heterocycles. The maximum Gasteiger partial charge on any atom is 0.308 e. The molecule has 0 bridgehead atoms. The molecule has 2 aromatic carbocycles. The average Bonchev–Trinajstić information content (AvgIpc) is 2.85. The average molecular weight is 384 g/mol. The van der Waals surface area contributed by atoms with E-state index in [4.69, 9.17) is 0 Å². The first-order chi connectivity index (χ1) is 11.7. The van der Waals surface area contributed by atoms with Crippen molar-refractivity contribution >= 4 is 37.3 Å². The molecular weight excluding hydrogens is 370 g/mol. The van der Waals surface area contributed by atoms with Crippen molar-refractivity contribution in [3.8, 4) is 0 Å². The minimum atomic E-state index is -4.00. The molecule has 0 aliphatic heterocycles. The lowest BCUT2D eigenvalue weighted by molar-refractivity contribution is 0.509. The van der Waals surface area contributed by atoms with Crippen molar-refractivity contribution in [3.63, 3.8) is 0 Å². The summed E-state index contributed by atoms with van der Waals surface area (Å²) in [5.74, 6) is -2.22. The Hall–Kier alpha value is -2.26. The lowest BCUT2D eigenvalue weighted by Crippen LogP contribution is -2.15. The summed E-state index contributed by atoms with van der Waals surface area (Å²) in [6.07, 6.45) is 0. The summed E-state index contributed by atoms with van der Waals surface area (Å²) in [7, 11) is -4.00. The Balaban J connectivity index is 2.02. The molecule has 1 N–H and O–H groups in total. The van der Waals surface area contributed by atoms with E-state index in [-0.39, 0.29) is 21.5 Å². The van der Waals surface area contributed by atoms with E-state index >= 15 is 0 Å².